The number of likely N-dealkylation sites (tertiary alicyclic amines) is 1. The van der Waals surface area contributed by atoms with Crippen molar-refractivity contribution in [1.82, 2.24) is 14.8 Å². The highest BCUT2D eigenvalue weighted by atomic mass is 16.5. The molecule has 4 heterocycles. The molecule has 0 aromatic carbocycles. The SMILES string of the molecule is COC(=O)c1[nH]c(C)c(C(O)=C2C(=O)C(=O)N(CCCN3CCOCC3)C2c2ccc(C)o2)c1C. The van der Waals surface area contributed by atoms with Gasteiger partial charge in [-0.05, 0) is 44.9 Å². The largest absolute Gasteiger partial charge is 0.507 e. The number of ether oxygens (including phenoxy) is 2. The van der Waals surface area contributed by atoms with Gasteiger partial charge >= 0.3 is 5.97 Å². The number of H-pyrrole nitrogens is 1. The Kier molecular flexibility index (Phi) is 7.13. The smallest absolute Gasteiger partial charge is 0.354 e. The third-order valence-electron chi connectivity index (χ3n) is 6.61. The molecule has 10 nitrogen and oxygen atoms in total. The average molecular weight is 486 g/mol. The minimum atomic E-state index is -0.872. The Morgan fingerprint density at radius 2 is 1.89 bits per heavy atom. The number of aliphatic hydroxyl groups excluding tert-OH is 1. The first kappa shape index (κ1) is 24.7. The molecule has 4 rings (SSSR count). The zero-order valence-corrected chi connectivity index (χ0v) is 20.5. The number of morpholine rings is 1. The molecule has 0 aliphatic carbocycles. The quantitative estimate of drug-likeness (QED) is 0.265. The summed E-state index contributed by atoms with van der Waals surface area (Å²) in [6.45, 7) is 9.20. The van der Waals surface area contributed by atoms with Crippen LogP contribution in [-0.4, -0.2) is 84.1 Å². The van der Waals surface area contributed by atoms with Crippen LogP contribution in [0.15, 0.2) is 22.1 Å². The molecule has 2 N–H and O–H groups in total. The number of aromatic nitrogens is 1. The van der Waals surface area contributed by atoms with Crippen molar-refractivity contribution >= 4 is 23.4 Å². The summed E-state index contributed by atoms with van der Waals surface area (Å²) in [5.74, 6) is -1.39. The van der Waals surface area contributed by atoms with Crippen molar-refractivity contribution in [2.75, 3.05) is 46.5 Å². The van der Waals surface area contributed by atoms with Crippen LogP contribution in [0.25, 0.3) is 5.76 Å². The molecular weight excluding hydrogens is 454 g/mol. The van der Waals surface area contributed by atoms with Gasteiger partial charge in [0.05, 0.1) is 25.9 Å². The molecule has 188 valence electrons. The monoisotopic (exact) mass is 485 g/mol. The topological polar surface area (TPSA) is 125 Å². The lowest BCUT2D eigenvalue weighted by Gasteiger charge is -2.28. The van der Waals surface area contributed by atoms with Gasteiger partial charge in [-0.25, -0.2) is 4.79 Å². The molecule has 2 saturated heterocycles. The van der Waals surface area contributed by atoms with Crippen LogP contribution in [0.4, 0.5) is 0 Å². The third-order valence-corrected chi connectivity index (χ3v) is 6.61. The number of nitrogens with zero attached hydrogens (tertiary/aromatic N) is 2. The van der Waals surface area contributed by atoms with Gasteiger partial charge in [0.2, 0.25) is 0 Å². The fourth-order valence-electron chi connectivity index (χ4n) is 4.84. The van der Waals surface area contributed by atoms with E-state index in [1.54, 1.807) is 32.9 Å². The van der Waals surface area contributed by atoms with Gasteiger partial charge in [-0.15, -0.1) is 0 Å². The molecule has 2 aromatic heterocycles. The van der Waals surface area contributed by atoms with Crippen molar-refractivity contribution in [1.29, 1.82) is 0 Å². The summed E-state index contributed by atoms with van der Waals surface area (Å²) in [6, 6.07) is 2.60. The van der Waals surface area contributed by atoms with Gasteiger partial charge in [0, 0.05) is 37.4 Å². The number of nitrogens with one attached hydrogen (secondary N) is 1. The Hall–Kier alpha value is -3.37. The first-order valence-corrected chi connectivity index (χ1v) is 11.7. The van der Waals surface area contributed by atoms with Crippen LogP contribution >= 0.6 is 0 Å². The number of furan rings is 1. The lowest BCUT2D eigenvalue weighted by molar-refractivity contribution is -0.140. The second-order valence-electron chi connectivity index (χ2n) is 8.87. The van der Waals surface area contributed by atoms with E-state index in [9.17, 15) is 19.5 Å². The molecule has 1 unspecified atom stereocenters. The van der Waals surface area contributed by atoms with Crippen LogP contribution in [0.2, 0.25) is 0 Å². The van der Waals surface area contributed by atoms with Gasteiger partial charge in [0.15, 0.2) is 0 Å². The van der Waals surface area contributed by atoms with Crippen molar-refractivity contribution in [3.05, 3.63) is 51.7 Å². The summed E-state index contributed by atoms with van der Waals surface area (Å²) in [5, 5.41) is 11.4. The van der Waals surface area contributed by atoms with E-state index in [0.29, 0.717) is 54.5 Å². The highest BCUT2D eigenvalue weighted by Gasteiger charge is 2.47. The average Bonchev–Trinajstić information content (AvgIpc) is 3.48. The maximum atomic E-state index is 13.2. The van der Waals surface area contributed by atoms with Crippen molar-refractivity contribution in [2.24, 2.45) is 0 Å². The van der Waals surface area contributed by atoms with E-state index >= 15 is 0 Å². The molecule has 2 aromatic rings. The number of hydrogen-bond donors (Lipinski definition) is 2. The van der Waals surface area contributed by atoms with E-state index in [1.807, 2.05) is 0 Å². The molecule has 1 atom stereocenters. The van der Waals surface area contributed by atoms with Gasteiger partial charge in [-0.3, -0.25) is 14.5 Å². The van der Waals surface area contributed by atoms with E-state index in [2.05, 4.69) is 9.88 Å². The summed E-state index contributed by atoms with van der Waals surface area (Å²) in [6.07, 6.45) is 0.651. The Labute approximate surface area is 203 Å². The number of carbonyl (C=O) groups excluding carboxylic acids is 3. The molecule has 35 heavy (non-hydrogen) atoms. The minimum Gasteiger partial charge on any atom is -0.507 e. The number of amides is 1. The fraction of sp³-hybridized carbons (Fsp3) is 0.480. The number of esters is 1. The molecule has 0 bridgehead atoms. The fourth-order valence-corrected chi connectivity index (χ4v) is 4.84. The van der Waals surface area contributed by atoms with E-state index in [0.717, 1.165) is 19.6 Å². The van der Waals surface area contributed by atoms with Gasteiger partial charge in [-0.2, -0.15) is 0 Å². The molecule has 0 spiro atoms. The lowest BCUT2D eigenvalue weighted by Crippen LogP contribution is -2.38. The minimum absolute atomic E-state index is 0.0580. The number of hydrogen-bond acceptors (Lipinski definition) is 8. The van der Waals surface area contributed by atoms with Gasteiger partial charge < -0.3 is 28.9 Å². The number of Topliss-reactive ketones (excluding diaryl/α,β-unsaturated/α-hetero) is 1. The predicted octanol–water partition coefficient (Wildman–Crippen LogP) is 2.46. The molecule has 0 radical (unpaired) electrons. The van der Waals surface area contributed by atoms with Crippen molar-refractivity contribution in [2.45, 2.75) is 33.2 Å². The summed E-state index contributed by atoms with van der Waals surface area (Å²) in [4.78, 5) is 45.1. The molecule has 2 fully saturated rings. The van der Waals surface area contributed by atoms with Crippen molar-refractivity contribution in [3.63, 3.8) is 0 Å². The van der Waals surface area contributed by atoms with Crippen LogP contribution in [-0.2, 0) is 19.1 Å². The second-order valence-corrected chi connectivity index (χ2v) is 8.87. The first-order valence-electron chi connectivity index (χ1n) is 11.7. The second kappa shape index (κ2) is 10.1. The molecule has 0 saturated carbocycles. The maximum absolute atomic E-state index is 13.2. The Morgan fingerprint density at radius 1 is 1.17 bits per heavy atom. The van der Waals surface area contributed by atoms with E-state index in [1.165, 1.54) is 12.0 Å². The highest BCUT2D eigenvalue weighted by molar-refractivity contribution is 6.46. The number of rotatable bonds is 7. The summed E-state index contributed by atoms with van der Waals surface area (Å²) in [5.41, 5.74) is 1.33. The maximum Gasteiger partial charge on any atom is 0.354 e. The lowest BCUT2D eigenvalue weighted by atomic mass is 9.97. The summed E-state index contributed by atoms with van der Waals surface area (Å²) in [7, 11) is 1.26. The van der Waals surface area contributed by atoms with Crippen LogP contribution in [0.3, 0.4) is 0 Å². The number of aromatic amines is 1. The zero-order valence-electron chi connectivity index (χ0n) is 20.5. The van der Waals surface area contributed by atoms with Gasteiger partial charge in [0.1, 0.15) is 29.0 Å². The number of aryl methyl sites for hydroxylation is 2. The number of ketones is 1. The van der Waals surface area contributed by atoms with E-state index in [-0.39, 0.29) is 17.0 Å². The van der Waals surface area contributed by atoms with Crippen molar-refractivity contribution in [3.8, 4) is 0 Å². The van der Waals surface area contributed by atoms with Crippen LogP contribution in [0.1, 0.15) is 51.3 Å². The van der Waals surface area contributed by atoms with Crippen LogP contribution in [0, 0.1) is 20.8 Å². The Morgan fingerprint density at radius 3 is 2.51 bits per heavy atom. The standard InChI is InChI=1S/C25H31N3O7/c1-14-6-7-17(35-14)21-19(22(29)18-15(2)20(25(32)33-4)26-16(18)3)23(30)24(31)28(21)9-5-8-27-10-12-34-13-11-27/h6-7,21,26,29H,5,8-13H2,1-4H3. The molecule has 2 aliphatic heterocycles. The third kappa shape index (κ3) is 4.63. The van der Waals surface area contributed by atoms with E-state index in [4.69, 9.17) is 13.9 Å². The zero-order chi connectivity index (χ0) is 25.3. The normalized spacial score (nSPS) is 20.6. The van der Waals surface area contributed by atoms with Gasteiger partial charge in [0.25, 0.3) is 11.7 Å². The molecular formula is C25H31N3O7. The van der Waals surface area contributed by atoms with Crippen molar-refractivity contribution < 1.29 is 33.4 Å². The van der Waals surface area contributed by atoms with Crippen LogP contribution in [0.5, 0.6) is 0 Å². The highest BCUT2D eigenvalue weighted by Crippen LogP contribution is 2.41. The number of carbonyl (C=O) groups is 3. The molecule has 10 heteroatoms. The Bertz CT molecular complexity index is 1170. The molecule has 2 aliphatic rings. The Balaban J connectivity index is 1.72. The van der Waals surface area contributed by atoms with Crippen LogP contribution < -0.4 is 0 Å². The van der Waals surface area contributed by atoms with E-state index < -0.39 is 23.7 Å². The first-order chi connectivity index (χ1) is 16.7. The number of aliphatic hydroxyl groups is 1. The predicted molar refractivity (Wildman–Crippen MR) is 126 cm³/mol. The van der Waals surface area contributed by atoms with Gasteiger partial charge in [-0.1, -0.05) is 0 Å². The summed E-state index contributed by atoms with van der Waals surface area (Å²) >= 11 is 0. The molecule has 1 amide bonds. The number of methoxy groups -OCH3 is 1. The summed E-state index contributed by atoms with van der Waals surface area (Å²) < 4.78 is 16.0.